The Balaban J connectivity index is 1.36. The standard InChI is InChI=1S/C26H20N2O7/c1-34-25(32)17-7-10-19(11-8-17)27-22(29)15-35-26(33)18-9-12-20-21(13-18)24(31)28(23(20)30)14-16-5-3-2-4-6-16/h2-13H,14-15H2,1H3,(H,27,29). The third-order valence-electron chi connectivity index (χ3n) is 5.31. The molecule has 0 unspecified atom stereocenters. The van der Waals surface area contributed by atoms with Gasteiger partial charge in [-0.05, 0) is 48.0 Å². The van der Waals surface area contributed by atoms with Gasteiger partial charge in [0, 0.05) is 5.69 Å². The van der Waals surface area contributed by atoms with Gasteiger partial charge in [-0.25, -0.2) is 9.59 Å². The van der Waals surface area contributed by atoms with Gasteiger partial charge < -0.3 is 14.8 Å². The van der Waals surface area contributed by atoms with Crippen LogP contribution in [0, 0.1) is 0 Å². The van der Waals surface area contributed by atoms with Crippen molar-refractivity contribution in [3.05, 3.63) is 101 Å². The predicted octanol–water partition coefficient (Wildman–Crippen LogP) is 3.06. The van der Waals surface area contributed by atoms with E-state index in [2.05, 4.69) is 10.1 Å². The van der Waals surface area contributed by atoms with Crippen molar-refractivity contribution in [2.75, 3.05) is 19.0 Å². The molecule has 3 amide bonds. The second-order valence-electron chi connectivity index (χ2n) is 7.64. The number of methoxy groups -OCH3 is 1. The number of carbonyl (C=O) groups excluding carboxylic acids is 5. The molecule has 0 fully saturated rings. The number of anilines is 1. The van der Waals surface area contributed by atoms with Crippen LogP contribution in [-0.4, -0.2) is 48.3 Å². The molecule has 176 valence electrons. The third-order valence-corrected chi connectivity index (χ3v) is 5.31. The van der Waals surface area contributed by atoms with Crippen molar-refractivity contribution < 1.29 is 33.4 Å². The monoisotopic (exact) mass is 472 g/mol. The molecule has 1 aliphatic heterocycles. The maximum absolute atomic E-state index is 12.8. The van der Waals surface area contributed by atoms with E-state index >= 15 is 0 Å². The van der Waals surface area contributed by atoms with E-state index in [0.717, 1.165) is 10.5 Å². The molecular formula is C26H20N2O7. The van der Waals surface area contributed by atoms with Gasteiger partial charge in [0.15, 0.2) is 6.61 Å². The molecule has 1 heterocycles. The molecule has 0 bridgehead atoms. The summed E-state index contributed by atoms with van der Waals surface area (Å²) in [6, 6.07) is 19.2. The summed E-state index contributed by atoms with van der Waals surface area (Å²) in [6.07, 6.45) is 0. The number of hydrogen-bond donors (Lipinski definition) is 1. The van der Waals surface area contributed by atoms with Gasteiger partial charge in [-0.1, -0.05) is 30.3 Å². The average Bonchev–Trinajstić information content (AvgIpc) is 3.12. The number of esters is 2. The molecule has 35 heavy (non-hydrogen) atoms. The van der Waals surface area contributed by atoms with Crippen LogP contribution in [0.15, 0.2) is 72.8 Å². The summed E-state index contributed by atoms with van der Waals surface area (Å²) >= 11 is 0. The quantitative estimate of drug-likeness (QED) is 0.415. The molecule has 0 aromatic heterocycles. The number of nitrogens with zero attached hydrogens (tertiary/aromatic N) is 1. The van der Waals surface area contributed by atoms with Gasteiger partial charge in [-0.2, -0.15) is 0 Å². The van der Waals surface area contributed by atoms with E-state index in [1.165, 1.54) is 49.6 Å². The van der Waals surface area contributed by atoms with Gasteiger partial charge in [0.05, 0.1) is 35.9 Å². The highest BCUT2D eigenvalue weighted by atomic mass is 16.5. The summed E-state index contributed by atoms with van der Waals surface area (Å²) in [7, 11) is 1.27. The SMILES string of the molecule is COC(=O)c1ccc(NC(=O)COC(=O)c2ccc3c(c2)C(=O)N(Cc2ccccc2)C3=O)cc1. The Hall–Kier alpha value is -4.79. The maximum atomic E-state index is 12.8. The van der Waals surface area contributed by atoms with Gasteiger partial charge in [-0.3, -0.25) is 19.3 Å². The number of hydrogen-bond acceptors (Lipinski definition) is 7. The zero-order valence-corrected chi connectivity index (χ0v) is 18.6. The van der Waals surface area contributed by atoms with Crippen LogP contribution in [-0.2, 0) is 20.8 Å². The second-order valence-corrected chi connectivity index (χ2v) is 7.64. The number of fused-ring (bicyclic) bond motifs is 1. The van der Waals surface area contributed by atoms with Crippen LogP contribution in [0.3, 0.4) is 0 Å². The fourth-order valence-corrected chi connectivity index (χ4v) is 3.55. The van der Waals surface area contributed by atoms with Crippen LogP contribution in [0.25, 0.3) is 0 Å². The Morgan fingerprint density at radius 1 is 0.800 bits per heavy atom. The van der Waals surface area contributed by atoms with E-state index < -0.39 is 36.3 Å². The van der Waals surface area contributed by atoms with E-state index in [1.54, 1.807) is 0 Å². The minimum atomic E-state index is -0.814. The molecule has 3 aromatic rings. The van der Waals surface area contributed by atoms with Crippen LogP contribution in [0.5, 0.6) is 0 Å². The Morgan fingerprint density at radius 2 is 1.46 bits per heavy atom. The second kappa shape index (κ2) is 10.0. The predicted molar refractivity (Wildman–Crippen MR) is 124 cm³/mol. The number of ether oxygens (including phenoxy) is 2. The highest BCUT2D eigenvalue weighted by Gasteiger charge is 2.36. The van der Waals surface area contributed by atoms with E-state index in [1.807, 2.05) is 30.3 Å². The van der Waals surface area contributed by atoms with E-state index in [9.17, 15) is 24.0 Å². The Morgan fingerprint density at radius 3 is 2.14 bits per heavy atom. The lowest BCUT2D eigenvalue weighted by molar-refractivity contribution is -0.119. The summed E-state index contributed by atoms with van der Waals surface area (Å²) in [5.41, 5.74) is 1.88. The first-order valence-electron chi connectivity index (χ1n) is 10.6. The largest absolute Gasteiger partial charge is 0.465 e. The summed E-state index contributed by atoms with van der Waals surface area (Å²) in [4.78, 5) is 62.6. The number of rotatable bonds is 7. The average molecular weight is 472 g/mol. The fraction of sp³-hybridized carbons (Fsp3) is 0.115. The first-order valence-corrected chi connectivity index (χ1v) is 10.6. The number of nitrogens with one attached hydrogen (secondary N) is 1. The number of imide groups is 1. The normalized spacial score (nSPS) is 12.2. The molecular weight excluding hydrogens is 452 g/mol. The maximum Gasteiger partial charge on any atom is 0.338 e. The number of carbonyl (C=O) groups is 5. The van der Waals surface area contributed by atoms with Crippen molar-refractivity contribution >= 4 is 35.3 Å². The molecule has 4 rings (SSSR count). The summed E-state index contributed by atoms with van der Waals surface area (Å²) in [5, 5.41) is 2.54. The summed E-state index contributed by atoms with van der Waals surface area (Å²) in [5.74, 6) is -2.85. The van der Waals surface area contributed by atoms with Crippen LogP contribution >= 0.6 is 0 Å². The zero-order valence-electron chi connectivity index (χ0n) is 18.6. The topological polar surface area (TPSA) is 119 Å². The smallest absolute Gasteiger partial charge is 0.338 e. The molecule has 1 N–H and O–H groups in total. The van der Waals surface area contributed by atoms with Crippen LogP contribution in [0.2, 0.25) is 0 Å². The molecule has 9 nitrogen and oxygen atoms in total. The molecule has 0 aliphatic carbocycles. The highest BCUT2D eigenvalue weighted by molar-refractivity contribution is 6.21. The molecule has 0 saturated heterocycles. The molecule has 0 radical (unpaired) electrons. The van der Waals surface area contributed by atoms with Crippen molar-refractivity contribution in [2.45, 2.75) is 6.54 Å². The molecule has 3 aromatic carbocycles. The zero-order chi connectivity index (χ0) is 24.9. The van der Waals surface area contributed by atoms with E-state index in [0.29, 0.717) is 11.3 Å². The van der Waals surface area contributed by atoms with Crippen LogP contribution < -0.4 is 5.32 Å². The first kappa shape index (κ1) is 23.4. The molecule has 0 spiro atoms. The van der Waals surface area contributed by atoms with Gasteiger partial charge in [0.25, 0.3) is 17.7 Å². The van der Waals surface area contributed by atoms with Crippen molar-refractivity contribution in [3.8, 4) is 0 Å². The van der Waals surface area contributed by atoms with Crippen molar-refractivity contribution in [2.24, 2.45) is 0 Å². The number of amides is 3. The van der Waals surface area contributed by atoms with Crippen molar-refractivity contribution in [3.63, 3.8) is 0 Å². The van der Waals surface area contributed by atoms with Gasteiger partial charge in [-0.15, -0.1) is 0 Å². The van der Waals surface area contributed by atoms with Gasteiger partial charge in [0.2, 0.25) is 0 Å². The van der Waals surface area contributed by atoms with Crippen LogP contribution in [0.4, 0.5) is 5.69 Å². The minimum absolute atomic E-state index is 0.0432. The van der Waals surface area contributed by atoms with E-state index in [4.69, 9.17) is 4.74 Å². The van der Waals surface area contributed by atoms with E-state index in [-0.39, 0.29) is 23.2 Å². The summed E-state index contributed by atoms with van der Waals surface area (Å²) in [6.45, 7) is -0.449. The Kier molecular flexibility index (Phi) is 6.68. The molecule has 9 heteroatoms. The Labute approximate surface area is 200 Å². The van der Waals surface area contributed by atoms with Gasteiger partial charge >= 0.3 is 11.9 Å². The van der Waals surface area contributed by atoms with Crippen molar-refractivity contribution in [1.29, 1.82) is 0 Å². The lowest BCUT2D eigenvalue weighted by Gasteiger charge is -2.13. The Bertz CT molecular complexity index is 1320. The minimum Gasteiger partial charge on any atom is -0.465 e. The molecule has 0 saturated carbocycles. The summed E-state index contributed by atoms with van der Waals surface area (Å²) < 4.78 is 9.66. The first-order chi connectivity index (χ1) is 16.9. The third kappa shape index (κ3) is 5.09. The lowest BCUT2D eigenvalue weighted by Crippen LogP contribution is -2.29. The lowest BCUT2D eigenvalue weighted by atomic mass is 10.1. The molecule has 0 atom stereocenters. The highest BCUT2D eigenvalue weighted by Crippen LogP contribution is 2.26. The fourth-order valence-electron chi connectivity index (χ4n) is 3.55. The molecule has 1 aliphatic rings. The van der Waals surface area contributed by atoms with Gasteiger partial charge in [0.1, 0.15) is 0 Å². The van der Waals surface area contributed by atoms with Crippen molar-refractivity contribution in [1.82, 2.24) is 4.90 Å². The van der Waals surface area contributed by atoms with Crippen LogP contribution in [0.1, 0.15) is 47.0 Å². The number of benzene rings is 3.